The van der Waals surface area contributed by atoms with Gasteiger partial charge in [0.2, 0.25) is 0 Å². The van der Waals surface area contributed by atoms with Gasteiger partial charge in [0.25, 0.3) is 0 Å². The van der Waals surface area contributed by atoms with E-state index < -0.39 is 37.1 Å². The molecule has 1 aliphatic rings. The van der Waals surface area contributed by atoms with Crippen molar-refractivity contribution in [2.45, 2.75) is 97.1 Å². The molecule has 6 nitrogen and oxygen atoms in total. The Kier molecular flexibility index (Phi) is 11.1. The predicted octanol–water partition coefficient (Wildman–Crippen LogP) is 9.93. The SMILES string of the molecule is CC1=NC(CCc2ccc(OCCCc3csc4ccccc34)c(C(F)(F)F)c2)(COP(OC(C)(C)C)OC(C)(C)C)CO1. The molecular weight excluding hydrogens is 610 g/mol. The average Bonchev–Trinajstić information content (AvgIpc) is 3.50. The van der Waals surface area contributed by atoms with Gasteiger partial charge < -0.3 is 23.0 Å². The van der Waals surface area contributed by atoms with Gasteiger partial charge in [0, 0.05) is 11.6 Å². The number of hydrogen-bond acceptors (Lipinski definition) is 7. The van der Waals surface area contributed by atoms with E-state index in [9.17, 15) is 13.2 Å². The van der Waals surface area contributed by atoms with Gasteiger partial charge in [-0.1, -0.05) is 24.3 Å². The minimum Gasteiger partial charge on any atom is -0.493 e. The molecule has 11 heteroatoms. The van der Waals surface area contributed by atoms with Crippen molar-refractivity contribution in [1.82, 2.24) is 0 Å². The van der Waals surface area contributed by atoms with Gasteiger partial charge in [-0.05, 0) is 107 Å². The molecule has 0 amide bonds. The molecule has 4 rings (SSSR count). The molecule has 0 bridgehead atoms. The number of thiophene rings is 1. The van der Waals surface area contributed by atoms with Crippen molar-refractivity contribution in [2.24, 2.45) is 4.99 Å². The summed E-state index contributed by atoms with van der Waals surface area (Å²) >= 11 is 1.67. The van der Waals surface area contributed by atoms with Crippen LogP contribution >= 0.6 is 19.9 Å². The van der Waals surface area contributed by atoms with Gasteiger partial charge in [0.1, 0.15) is 17.9 Å². The van der Waals surface area contributed by atoms with Gasteiger partial charge in [-0.2, -0.15) is 13.2 Å². The molecular formula is C33H43F3NO5PS. The van der Waals surface area contributed by atoms with Gasteiger partial charge in [0.15, 0.2) is 5.90 Å². The first kappa shape index (κ1) is 34.6. The number of aryl methyl sites for hydroxylation is 2. The third kappa shape index (κ3) is 10.1. The molecule has 1 aromatic heterocycles. The second-order valence-electron chi connectivity index (χ2n) is 13.1. The normalized spacial score (nSPS) is 17.8. The maximum absolute atomic E-state index is 14.1. The van der Waals surface area contributed by atoms with Crippen molar-refractivity contribution >= 4 is 35.9 Å². The summed E-state index contributed by atoms with van der Waals surface area (Å²) in [6.07, 6.45) is -2.44. The fraction of sp³-hybridized carbons (Fsp3) is 0.545. The highest BCUT2D eigenvalue weighted by atomic mass is 32.1. The van der Waals surface area contributed by atoms with Crippen LogP contribution in [0.15, 0.2) is 52.8 Å². The number of benzene rings is 2. The van der Waals surface area contributed by atoms with Crippen molar-refractivity contribution in [1.29, 1.82) is 0 Å². The van der Waals surface area contributed by atoms with Crippen molar-refractivity contribution in [3.63, 3.8) is 0 Å². The van der Waals surface area contributed by atoms with Crippen molar-refractivity contribution in [3.05, 3.63) is 64.5 Å². The third-order valence-electron chi connectivity index (χ3n) is 6.72. The maximum atomic E-state index is 14.1. The van der Waals surface area contributed by atoms with Crippen LogP contribution in [0.2, 0.25) is 0 Å². The molecule has 1 aliphatic heterocycles. The molecule has 0 N–H and O–H groups in total. The molecule has 0 spiro atoms. The standard InChI is InChI=1S/C33H43F3NO5PS/c1-23-37-32(21-39-23,22-40-43(41-30(2,3)4)42-31(5,6)7)17-16-24-14-15-28(27(19-24)33(34,35)36)38-18-10-11-25-20-44-29-13-9-8-12-26(25)29/h8-9,12-15,19-20H,10-11,16-18,21-22H2,1-7H3. The molecule has 0 fully saturated rings. The monoisotopic (exact) mass is 653 g/mol. The third-order valence-corrected chi connectivity index (χ3v) is 9.46. The summed E-state index contributed by atoms with van der Waals surface area (Å²) in [6.45, 7) is 13.9. The summed E-state index contributed by atoms with van der Waals surface area (Å²) in [6, 6.07) is 12.4. The first-order chi connectivity index (χ1) is 20.5. The lowest BCUT2D eigenvalue weighted by Gasteiger charge is -2.32. The van der Waals surface area contributed by atoms with E-state index in [4.69, 9.17) is 28.0 Å². The summed E-state index contributed by atoms with van der Waals surface area (Å²) < 4.78 is 73.2. The van der Waals surface area contributed by atoms with Gasteiger partial charge >= 0.3 is 14.8 Å². The van der Waals surface area contributed by atoms with E-state index in [1.54, 1.807) is 24.3 Å². The fourth-order valence-electron chi connectivity index (χ4n) is 4.73. The number of aliphatic imine (C=N–C) groups is 1. The number of halogens is 3. The molecule has 0 saturated carbocycles. The fourth-order valence-corrected chi connectivity index (χ4v) is 7.11. The van der Waals surface area contributed by atoms with Crippen molar-refractivity contribution in [2.75, 3.05) is 19.8 Å². The van der Waals surface area contributed by atoms with Crippen LogP contribution in [0.4, 0.5) is 13.2 Å². The van der Waals surface area contributed by atoms with Crippen molar-refractivity contribution in [3.8, 4) is 5.75 Å². The molecule has 44 heavy (non-hydrogen) atoms. The van der Waals surface area contributed by atoms with E-state index >= 15 is 0 Å². The Balaban J connectivity index is 1.40. The maximum Gasteiger partial charge on any atom is 0.419 e. The Bertz CT molecular complexity index is 1410. The highest BCUT2D eigenvalue weighted by molar-refractivity contribution is 7.41. The topological polar surface area (TPSA) is 58.5 Å². The highest BCUT2D eigenvalue weighted by Crippen LogP contribution is 2.48. The largest absolute Gasteiger partial charge is 0.493 e. The first-order valence-electron chi connectivity index (χ1n) is 14.8. The van der Waals surface area contributed by atoms with Crippen LogP contribution < -0.4 is 4.74 Å². The minimum atomic E-state index is -4.55. The lowest BCUT2D eigenvalue weighted by atomic mass is 9.93. The van der Waals surface area contributed by atoms with Crippen LogP contribution in [0.1, 0.15) is 78.0 Å². The van der Waals surface area contributed by atoms with E-state index in [2.05, 4.69) is 17.5 Å². The second kappa shape index (κ2) is 14.0. The van der Waals surface area contributed by atoms with Crippen LogP contribution in [-0.4, -0.2) is 42.5 Å². The predicted molar refractivity (Wildman–Crippen MR) is 172 cm³/mol. The van der Waals surface area contributed by atoms with Gasteiger partial charge in [-0.3, -0.25) is 0 Å². The van der Waals surface area contributed by atoms with E-state index in [-0.39, 0.29) is 25.6 Å². The number of ether oxygens (including phenoxy) is 2. The summed E-state index contributed by atoms with van der Waals surface area (Å²) in [7, 11) is -1.71. The van der Waals surface area contributed by atoms with E-state index in [0.717, 1.165) is 6.42 Å². The van der Waals surface area contributed by atoms with Gasteiger partial charge in [0.05, 0.1) is 30.0 Å². The van der Waals surface area contributed by atoms with Crippen LogP contribution in [0, 0.1) is 0 Å². The van der Waals surface area contributed by atoms with Crippen LogP contribution in [0.5, 0.6) is 5.75 Å². The Morgan fingerprint density at radius 1 is 0.977 bits per heavy atom. The van der Waals surface area contributed by atoms with E-state index in [0.29, 0.717) is 30.7 Å². The number of rotatable bonds is 13. The van der Waals surface area contributed by atoms with Gasteiger partial charge in [-0.15, -0.1) is 11.3 Å². The molecule has 0 saturated heterocycles. The molecule has 3 aromatic rings. The number of nitrogens with zero attached hydrogens (tertiary/aromatic N) is 1. The zero-order valence-corrected chi connectivity index (χ0v) is 28.3. The summed E-state index contributed by atoms with van der Waals surface area (Å²) in [5.74, 6) is 0.360. The zero-order chi connectivity index (χ0) is 32.2. The molecule has 0 radical (unpaired) electrons. The highest BCUT2D eigenvalue weighted by Gasteiger charge is 2.39. The van der Waals surface area contributed by atoms with E-state index in [1.165, 1.54) is 27.8 Å². The first-order valence-corrected chi connectivity index (χ1v) is 16.8. The van der Waals surface area contributed by atoms with E-state index in [1.807, 2.05) is 53.7 Å². The summed E-state index contributed by atoms with van der Waals surface area (Å²) in [4.78, 5) is 4.70. The molecule has 1 unspecified atom stereocenters. The average molecular weight is 654 g/mol. The molecule has 2 aromatic carbocycles. The number of fused-ring (bicyclic) bond motifs is 1. The van der Waals surface area contributed by atoms with Gasteiger partial charge in [-0.25, -0.2) is 4.99 Å². The molecule has 0 aliphatic carbocycles. The van der Waals surface area contributed by atoms with Crippen LogP contribution in [0.3, 0.4) is 0 Å². The Morgan fingerprint density at radius 3 is 2.32 bits per heavy atom. The molecule has 242 valence electrons. The summed E-state index contributed by atoms with van der Waals surface area (Å²) in [5.41, 5.74) is -0.809. The smallest absolute Gasteiger partial charge is 0.419 e. The minimum absolute atomic E-state index is 0.148. The Hall–Kier alpha value is -2.23. The van der Waals surface area contributed by atoms with Crippen molar-refractivity contribution < 1.29 is 36.2 Å². The molecule has 1 atom stereocenters. The molecule has 2 heterocycles. The van der Waals surface area contributed by atoms with Crippen LogP contribution in [0.25, 0.3) is 10.1 Å². The zero-order valence-electron chi connectivity index (χ0n) is 26.5. The number of hydrogen-bond donors (Lipinski definition) is 0. The summed E-state index contributed by atoms with van der Waals surface area (Å²) in [5, 5.41) is 3.30. The van der Waals surface area contributed by atoms with Crippen LogP contribution in [-0.2, 0) is 37.3 Å². The quantitative estimate of drug-likeness (QED) is 0.136. The Labute approximate surface area is 263 Å². The second-order valence-corrected chi connectivity index (χ2v) is 15.1. The Morgan fingerprint density at radius 2 is 1.68 bits per heavy atom. The number of alkyl halides is 3. The lowest BCUT2D eigenvalue weighted by Crippen LogP contribution is -2.35. The lowest BCUT2D eigenvalue weighted by molar-refractivity contribution is -0.139.